The van der Waals surface area contributed by atoms with Crippen molar-refractivity contribution in [3.8, 4) is 22.6 Å². The van der Waals surface area contributed by atoms with Crippen molar-refractivity contribution in [2.24, 2.45) is 0 Å². The summed E-state index contributed by atoms with van der Waals surface area (Å²) in [6, 6.07) is 5.59. The minimum absolute atomic E-state index is 0.0227. The Hall–Kier alpha value is -3.17. The van der Waals surface area contributed by atoms with Gasteiger partial charge in [-0.25, -0.2) is 4.98 Å². The van der Waals surface area contributed by atoms with E-state index in [1.54, 1.807) is 21.1 Å². The number of thiophene rings is 1. The highest BCUT2D eigenvalue weighted by molar-refractivity contribution is 7.19. The fraction of sp³-hybridized carbons (Fsp3) is 0.360. The summed E-state index contributed by atoms with van der Waals surface area (Å²) in [6.45, 7) is 2.74. The highest BCUT2D eigenvalue weighted by Gasteiger charge is 2.32. The Morgan fingerprint density at radius 1 is 1.11 bits per heavy atom. The predicted molar refractivity (Wildman–Crippen MR) is 133 cm³/mol. The van der Waals surface area contributed by atoms with E-state index in [0.717, 1.165) is 31.8 Å². The molecule has 1 fully saturated rings. The predicted octanol–water partition coefficient (Wildman–Crippen LogP) is 4.19. The fourth-order valence-electron chi connectivity index (χ4n) is 4.74. The molecular formula is C25H24ClN3O5S. The smallest absolute Gasteiger partial charge is 0.230 e. The molecule has 3 amide bonds. The minimum Gasteiger partial charge on any atom is -0.493 e. The minimum atomic E-state index is -0.219. The molecule has 5 rings (SSSR count). The molecule has 0 bridgehead atoms. The zero-order valence-electron chi connectivity index (χ0n) is 19.6. The third-order valence-corrected chi connectivity index (χ3v) is 8.10. The first-order valence-electron chi connectivity index (χ1n) is 11.3. The lowest BCUT2D eigenvalue weighted by atomic mass is 9.95. The number of hydrogen-bond donors (Lipinski definition) is 0. The summed E-state index contributed by atoms with van der Waals surface area (Å²) in [5.74, 6) is 0.748. The van der Waals surface area contributed by atoms with E-state index in [-0.39, 0.29) is 37.1 Å². The van der Waals surface area contributed by atoms with E-state index in [9.17, 15) is 14.4 Å². The lowest BCUT2D eigenvalue weighted by Crippen LogP contribution is -2.33. The zero-order chi connectivity index (χ0) is 24.9. The molecule has 0 aliphatic carbocycles. The molecule has 1 saturated heterocycles. The lowest BCUT2D eigenvalue weighted by molar-refractivity contribution is -0.139. The van der Waals surface area contributed by atoms with Crippen molar-refractivity contribution in [2.45, 2.75) is 39.3 Å². The number of likely N-dealkylation sites (tertiary alicyclic amines) is 1. The molecule has 2 aromatic heterocycles. The van der Waals surface area contributed by atoms with Gasteiger partial charge in [-0.3, -0.25) is 19.3 Å². The molecular weight excluding hydrogens is 490 g/mol. The summed E-state index contributed by atoms with van der Waals surface area (Å²) in [5, 5.41) is 1.33. The maximum atomic E-state index is 12.3. The molecule has 8 nitrogen and oxygen atoms in total. The monoisotopic (exact) mass is 513 g/mol. The quantitative estimate of drug-likeness (QED) is 0.475. The second kappa shape index (κ2) is 9.13. The van der Waals surface area contributed by atoms with Gasteiger partial charge in [0.05, 0.1) is 38.0 Å². The van der Waals surface area contributed by atoms with Gasteiger partial charge in [0.1, 0.15) is 4.83 Å². The van der Waals surface area contributed by atoms with Crippen LogP contribution in [-0.2, 0) is 33.9 Å². The number of methoxy groups -OCH3 is 2. The highest BCUT2D eigenvalue weighted by Crippen LogP contribution is 2.46. The van der Waals surface area contributed by atoms with Crippen LogP contribution in [0.5, 0.6) is 11.5 Å². The van der Waals surface area contributed by atoms with Crippen LogP contribution in [0.25, 0.3) is 21.3 Å². The summed E-state index contributed by atoms with van der Waals surface area (Å²) < 4.78 is 10.9. The number of rotatable bonds is 5. The number of benzene rings is 1. The third kappa shape index (κ3) is 4.02. The lowest BCUT2D eigenvalue weighted by Gasteiger charge is -2.26. The normalized spacial score (nSPS) is 15.7. The van der Waals surface area contributed by atoms with Gasteiger partial charge in [0, 0.05) is 42.1 Å². The van der Waals surface area contributed by atoms with Gasteiger partial charge in [0.2, 0.25) is 17.7 Å². The number of pyridine rings is 1. The van der Waals surface area contributed by atoms with Crippen LogP contribution < -0.4 is 9.47 Å². The molecule has 0 spiro atoms. The number of halogens is 1. The summed E-state index contributed by atoms with van der Waals surface area (Å²) in [4.78, 5) is 46.3. The van der Waals surface area contributed by atoms with Crippen LogP contribution in [0, 0.1) is 0 Å². The number of amides is 3. The molecule has 0 unspecified atom stereocenters. The Labute approximate surface area is 211 Å². The van der Waals surface area contributed by atoms with Gasteiger partial charge in [-0.2, -0.15) is 0 Å². The van der Waals surface area contributed by atoms with E-state index in [1.165, 1.54) is 16.2 Å². The van der Waals surface area contributed by atoms with Gasteiger partial charge in [-0.05, 0) is 29.7 Å². The molecule has 2 aliphatic rings. The topological polar surface area (TPSA) is 89.0 Å². The Balaban J connectivity index is 1.72. The fourth-order valence-corrected chi connectivity index (χ4v) is 6.31. The van der Waals surface area contributed by atoms with E-state index < -0.39 is 0 Å². The standard InChI is InChI=1S/C25H24ClN3O5S/c1-13(30)28-9-8-15-19(12-28)35-25-23(15)22(14-4-5-17(33-2)18(10-14)34-3)24(26)16(27-25)11-29-20(31)6-7-21(29)32/h4-5,10H,6-9,11-12H2,1-3H3. The number of aromatic nitrogens is 1. The van der Waals surface area contributed by atoms with Crippen molar-refractivity contribution in [1.82, 2.24) is 14.8 Å². The largest absolute Gasteiger partial charge is 0.493 e. The van der Waals surface area contributed by atoms with E-state index >= 15 is 0 Å². The van der Waals surface area contributed by atoms with Crippen molar-refractivity contribution >= 4 is 50.9 Å². The molecule has 1 aromatic carbocycles. The van der Waals surface area contributed by atoms with Crippen molar-refractivity contribution in [2.75, 3.05) is 20.8 Å². The van der Waals surface area contributed by atoms with Crippen LogP contribution >= 0.6 is 22.9 Å². The van der Waals surface area contributed by atoms with E-state index in [2.05, 4.69) is 0 Å². The molecule has 0 N–H and O–H groups in total. The first kappa shape index (κ1) is 23.6. The molecule has 4 heterocycles. The number of ether oxygens (including phenoxy) is 2. The summed E-state index contributed by atoms with van der Waals surface area (Å²) in [6.07, 6.45) is 1.10. The molecule has 3 aromatic rings. The van der Waals surface area contributed by atoms with E-state index in [0.29, 0.717) is 41.7 Å². The number of nitrogens with zero attached hydrogens (tertiary/aromatic N) is 3. The van der Waals surface area contributed by atoms with Gasteiger partial charge in [-0.1, -0.05) is 17.7 Å². The van der Waals surface area contributed by atoms with Crippen LogP contribution in [0.1, 0.15) is 35.9 Å². The first-order chi connectivity index (χ1) is 16.8. The van der Waals surface area contributed by atoms with Crippen molar-refractivity contribution in [3.63, 3.8) is 0 Å². The van der Waals surface area contributed by atoms with Gasteiger partial charge in [-0.15, -0.1) is 11.3 Å². The summed E-state index contributed by atoms with van der Waals surface area (Å²) >= 11 is 8.52. The van der Waals surface area contributed by atoms with E-state index in [1.807, 2.05) is 23.1 Å². The number of imide groups is 1. The van der Waals surface area contributed by atoms with Gasteiger partial charge in [0.15, 0.2) is 11.5 Å². The molecule has 0 radical (unpaired) electrons. The van der Waals surface area contributed by atoms with Crippen LogP contribution in [-0.4, -0.2) is 53.3 Å². The second-order valence-corrected chi connectivity index (χ2v) is 10.0. The summed E-state index contributed by atoms with van der Waals surface area (Å²) in [7, 11) is 3.15. The molecule has 2 aliphatic heterocycles. The number of carbonyl (C=O) groups excluding carboxylic acids is 3. The second-order valence-electron chi connectivity index (χ2n) is 8.57. The maximum Gasteiger partial charge on any atom is 0.230 e. The maximum absolute atomic E-state index is 12.3. The third-order valence-electron chi connectivity index (χ3n) is 6.58. The van der Waals surface area contributed by atoms with Gasteiger partial charge in [0.25, 0.3) is 0 Å². The molecule has 0 saturated carbocycles. The molecule has 35 heavy (non-hydrogen) atoms. The van der Waals surface area contributed by atoms with Crippen molar-refractivity contribution in [1.29, 1.82) is 0 Å². The van der Waals surface area contributed by atoms with Crippen molar-refractivity contribution < 1.29 is 23.9 Å². The molecule has 0 atom stereocenters. The van der Waals surface area contributed by atoms with Gasteiger partial charge < -0.3 is 14.4 Å². The average molecular weight is 514 g/mol. The molecule has 10 heteroatoms. The number of hydrogen-bond acceptors (Lipinski definition) is 7. The van der Waals surface area contributed by atoms with Crippen LogP contribution in [0.2, 0.25) is 5.02 Å². The summed E-state index contributed by atoms with van der Waals surface area (Å²) in [5.41, 5.74) is 3.19. The molecule has 182 valence electrons. The van der Waals surface area contributed by atoms with Crippen LogP contribution in [0.3, 0.4) is 0 Å². The number of fused-ring (bicyclic) bond motifs is 3. The Bertz CT molecular complexity index is 1370. The highest BCUT2D eigenvalue weighted by atomic mass is 35.5. The number of carbonyl (C=O) groups is 3. The SMILES string of the molecule is COc1ccc(-c2c(Cl)c(CN3C(=O)CCC3=O)nc3sc4c(c23)CCN(C(C)=O)C4)cc1OC. The zero-order valence-corrected chi connectivity index (χ0v) is 21.2. The van der Waals surface area contributed by atoms with Crippen LogP contribution in [0.15, 0.2) is 18.2 Å². The Morgan fingerprint density at radius 2 is 1.83 bits per heavy atom. The first-order valence-corrected chi connectivity index (χ1v) is 12.5. The van der Waals surface area contributed by atoms with Crippen molar-refractivity contribution in [3.05, 3.63) is 39.4 Å². The Morgan fingerprint density at radius 3 is 2.49 bits per heavy atom. The Kier molecular flexibility index (Phi) is 6.14. The van der Waals surface area contributed by atoms with Crippen LogP contribution in [0.4, 0.5) is 0 Å². The van der Waals surface area contributed by atoms with Gasteiger partial charge >= 0.3 is 0 Å². The van der Waals surface area contributed by atoms with E-state index in [4.69, 9.17) is 26.1 Å². The average Bonchev–Trinajstić information content (AvgIpc) is 3.37.